The van der Waals surface area contributed by atoms with E-state index < -0.39 is 5.82 Å². The Morgan fingerprint density at radius 2 is 2.00 bits per heavy atom. The molecule has 2 aromatic carbocycles. The first-order chi connectivity index (χ1) is 11.6. The second-order valence-electron chi connectivity index (χ2n) is 5.85. The van der Waals surface area contributed by atoms with E-state index >= 15 is 0 Å². The molecular weight excluding hydrogens is 303 g/mol. The number of nitrogens with zero attached hydrogens (tertiary/aromatic N) is 2. The van der Waals surface area contributed by atoms with Crippen molar-refractivity contribution >= 4 is 27.6 Å². The van der Waals surface area contributed by atoms with Crippen LogP contribution in [0.2, 0.25) is 0 Å². The minimum absolute atomic E-state index is 0.197. The highest BCUT2D eigenvalue weighted by molar-refractivity contribution is 6.13. The summed E-state index contributed by atoms with van der Waals surface area (Å²) in [6.45, 7) is 9.22. The fourth-order valence-corrected chi connectivity index (χ4v) is 3.20. The molecule has 0 unspecified atom stereocenters. The van der Waals surface area contributed by atoms with Gasteiger partial charge < -0.3 is 4.42 Å². The summed E-state index contributed by atoms with van der Waals surface area (Å²) in [5, 5.41) is 1.48. The predicted octanol–water partition coefficient (Wildman–Crippen LogP) is 5.08. The first-order valence-corrected chi connectivity index (χ1v) is 7.58. The van der Waals surface area contributed by atoms with Gasteiger partial charge in [0, 0.05) is 22.9 Å². The summed E-state index contributed by atoms with van der Waals surface area (Å²) >= 11 is 0. The lowest BCUT2D eigenvalue weighted by atomic mass is 9.98. The average molecular weight is 317 g/mol. The molecule has 2 aromatic heterocycles. The maximum atomic E-state index is 14.3. The van der Waals surface area contributed by atoms with E-state index in [1.165, 1.54) is 6.07 Å². The van der Waals surface area contributed by atoms with Gasteiger partial charge in [0.2, 0.25) is 5.69 Å². The van der Waals surface area contributed by atoms with E-state index in [1.807, 2.05) is 55.1 Å². The second kappa shape index (κ2) is 5.17. The largest absolute Gasteiger partial charge is 0.453 e. The molecule has 0 saturated carbocycles. The number of hydrogen-bond donors (Lipinski definition) is 0. The number of furan rings is 1. The zero-order valence-electron chi connectivity index (χ0n) is 13.3. The highest BCUT2D eigenvalue weighted by Crippen LogP contribution is 2.39. The van der Waals surface area contributed by atoms with Gasteiger partial charge in [-0.25, -0.2) is 13.8 Å². The Balaban J connectivity index is 2.23. The van der Waals surface area contributed by atoms with Crippen molar-refractivity contribution in [2.24, 2.45) is 7.05 Å². The molecule has 0 N–H and O–H groups in total. The summed E-state index contributed by atoms with van der Waals surface area (Å²) in [7, 11) is 1.97. The third-order valence-electron chi connectivity index (χ3n) is 4.33. The number of aryl methyl sites for hydroxylation is 2. The molecule has 3 nitrogen and oxygen atoms in total. The fourth-order valence-electron chi connectivity index (χ4n) is 3.20. The molecule has 0 aliphatic heterocycles. The normalized spacial score (nSPS) is 11.1. The molecule has 0 radical (unpaired) electrons. The highest BCUT2D eigenvalue weighted by Gasteiger charge is 2.21. The topological polar surface area (TPSA) is 21.4 Å². The number of rotatable bonds is 1. The first-order valence-electron chi connectivity index (χ1n) is 7.58. The lowest BCUT2D eigenvalue weighted by Gasteiger charge is -2.06. The van der Waals surface area contributed by atoms with Crippen LogP contribution < -0.4 is 4.57 Å². The van der Waals surface area contributed by atoms with Gasteiger partial charge in [-0.2, -0.15) is 0 Å². The minimum Gasteiger partial charge on any atom is -0.453 e. The van der Waals surface area contributed by atoms with Crippen molar-refractivity contribution in [1.82, 2.24) is 0 Å². The summed E-state index contributed by atoms with van der Waals surface area (Å²) in [6.07, 6.45) is 1.97. The number of halogens is 1. The van der Waals surface area contributed by atoms with Gasteiger partial charge in [-0.1, -0.05) is 6.07 Å². The maximum Gasteiger partial charge on any atom is 0.213 e. The van der Waals surface area contributed by atoms with E-state index in [0.717, 1.165) is 22.2 Å². The van der Waals surface area contributed by atoms with Gasteiger partial charge >= 0.3 is 0 Å². The van der Waals surface area contributed by atoms with Gasteiger partial charge in [-0.15, -0.1) is 0 Å². The molecular formula is C20H14FN2O+. The monoisotopic (exact) mass is 317 g/mol. The number of fused-ring (bicyclic) bond motifs is 3. The van der Waals surface area contributed by atoms with E-state index in [2.05, 4.69) is 4.85 Å². The Labute approximate surface area is 138 Å². The first kappa shape index (κ1) is 14.4. The Bertz CT molecular complexity index is 1150. The summed E-state index contributed by atoms with van der Waals surface area (Å²) in [6, 6.07) is 12.7. The van der Waals surface area contributed by atoms with Crippen LogP contribution in [0.5, 0.6) is 0 Å². The second-order valence-corrected chi connectivity index (χ2v) is 5.85. The van der Waals surface area contributed by atoms with Crippen LogP contribution in [0.4, 0.5) is 10.1 Å². The van der Waals surface area contributed by atoms with Crippen molar-refractivity contribution in [3.05, 3.63) is 71.5 Å². The Morgan fingerprint density at radius 1 is 1.17 bits per heavy atom. The summed E-state index contributed by atoms with van der Waals surface area (Å²) in [4.78, 5) is 3.37. The maximum absolute atomic E-state index is 14.3. The quantitative estimate of drug-likeness (QED) is 0.354. The lowest BCUT2D eigenvalue weighted by molar-refractivity contribution is -0.660. The molecule has 24 heavy (non-hydrogen) atoms. The number of aromatic nitrogens is 1. The van der Waals surface area contributed by atoms with Crippen molar-refractivity contribution < 1.29 is 13.4 Å². The van der Waals surface area contributed by atoms with Crippen LogP contribution in [-0.4, -0.2) is 0 Å². The van der Waals surface area contributed by atoms with Crippen molar-refractivity contribution in [2.75, 3.05) is 0 Å². The minimum atomic E-state index is -0.504. The molecule has 0 bridgehead atoms. The number of benzene rings is 2. The van der Waals surface area contributed by atoms with Gasteiger partial charge in [0.1, 0.15) is 12.6 Å². The molecule has 0 aliphatic rings. The third kappa shape index (κ3) is 1.99. The van der Waals surface area contributed by atoms with Crippen LogP contribution in [0.15, 0.2) is 53.1 Å². The van der Waals surface area contributed by atoms with Gasteiger partial charge in [0.15, 0.2) is 23.3 Å². The average Bonchev–Trinajstić information content (AvgIpc) is 2.95. The summed E-state index contributed by atoms with van der Waals surface area (Å²) in [5.74, 6) is -0.504. The number of pyridine rings is 1. The lowest BCUT2D eigenvalue weighted by Crippen LogP contribution is -2.30. The van der Waals surface area contributed by atoms with Crippen LogP contribution in [0.3, 0.4) is 0 Å². The standard InChI is InChI=1S/C20H14FN2O/c1-12-7-8-17-19(18(12)16-6-4-5-9-23(16)3)14-10-13(22-2)11-15(21)20(14)24-17/h4-11H,1,3H3/q+1. The van der Waals surface area contributed by atoms with Gasteiger partial charge in [-0.3, -0.25) is 0 Å². The zero-order chi connectivity index (χ0) is 16.8. The molecule has 0 amide bonds. The van der Waals surface area contributed by atoms with Crippen LogP contribution in [0.25, 0.3) is 38.0 Å². The van der Waals surface area contributed by atoms with Gasteiger partial charge in [0.05, 0.1) is 12.1 Å². The van der Waals surface area contributed by atoms with Gasteiger partial charge in [-0.05, 0) is 36.8 Å². The SMILES string of the molecule is [C-]#[N+]c1cc(F)c2oc3ccc(C)c(-c4cccc[n+]4C)c3c2c1. The van der Waals surface area contributed by atoms with Crippen LogP contribution in [0, 0.1) is 19.3 Å². The molecule has 2 heterocycles. The molecule has 0 fully saturated rings. The molecule has 116 valence electrons. The smallest absolute Gasteiger partial charge is 0.213 e. The predicted molar refractivity (Wildman–Crippen MR) is 91.3 cm³/mol. The van der Waals surface area contributed by atoms with Gasteiger partial charge in [0.25, 0.3) is 0 Å². The fraction of sp³-hybridized carbons (Fsp3) is 0.100. The Hall–Kier alpha value is -3.19. The van der Waals surface area contributed by atoms with E-state index in [9.17, 15) is 4.39 Å². The van der Waals surface area contributed by atoms with Crippen molar-refractivity contribution in [3.8, 4) is 11.3 Å². The summed E-state index contributed by atoms with van der Waals surface area (Å²) in [5.41, 5.74) is 4.17. The van der Waals surface area contributed by atoms with Crippen LogP contribution >= 0.6 is 0 Å². The zero-order valence-corrected chi connectivity index (χ0v) is 13.3. The molecule has 4 rings (SSSR count). The van der Waals surface area contributed by atoms with E-state index in [1.54, 1.807) is 6.07 Å². The Morgan fingerprint density at radius 3 is 2.75 bits per heavy atom. The van der Waals surface area contributed by atoms with Crippen molar-refractivity contribution in [2.45, 2.75) is 6.92 Å². The summed E-state index contributed by atoms with van der Waals surface area (Å²) < 4.78 is 22.1. The molecule has 0 spiro atoms. The van der Waals surface area contributed by atoms with Crippen LogP contribution in [0.1, 0.15) is 5.56 Å². The van der Waals surface area contributed by atoms with Crippen molar-refractivity contribution in [3.63, 3.8) is 0 Å². The third-order valence-corrected chi connectivity index (χ3v) is 4.33. The van der Waals surface area contributed by atoms with E-state index in [0.29, 0.717) is 11.0 Å². The molecule has 0 saturated heterocycles. The molecule has 4 aromatic rings. The van der Waals surface area contributed by atoms with E-state index in [-0.39, 0.29) is 11.3 Å². The number of hydrogen-bond acceptors (Lipinski definition) is 1. The highest BCUT2D eigenvalue weighted by atomic mass is 19.1. The van der Waals surface area contributed by atoms with Crippen LogP contribution in [-0.2, 0) is 7.05 Å². The molecule has 0 aliphatic carbocycles. The molecule has 0 atom stereocenters. The van der Waals surface area contributed by atoms with Crippen molar-refractivity contribution in [1.29, 1.82) is 0 Å². The van der Waals surface area contributed by atoms with E-state index in [4.69, 9.17) is 11.0 Å². The Kier molecular flexibility index (Phi) is 3.10. The molecule has 4 heteroatoms.